The van der Waals surface area contributed by atoms with E-state index in [4.69, 9.17) is 9.15 Å². The van der Waals surface area contributed by atoms with E-state index in [0.717, 1.165) is 74.5 Å². The average molecular weight is 512 g/mol. The number of benzene rings is 2. The second-order valence-electron chi connectivity index (χ2n) is 10.7. The number of hydrogen-bond donors (Lipinski definition) is 1. The number of ether oxygens (including phenoxy) is 1. The van der Waals surface area contributed by atoms with E-state index in [0.29, 0.717) is 11.6 Å². The molecule has 1 aliphatic heterocycles. The number of rotatable bonds is 7. The Morgan fingerprint density at radius 1 is 1.19 bits per heavy atom. The number of nitrogens with zero attached hydrogens (tertiary/aromatic N) is 2. The first kappa shape index (κ1) is 23.9. The van der Waals surface area contributed by atoms with Crippen molar-refractivity contribution in [2.75, 3.05) is 13.6 Å². The largest absolute Gasteiger partial charge is 0.494 e. The number of furan rings is 1. The van der Waals surface area contributed by atoms with Crippen molar-refractivity contribution >= 4 is 27.1 Å². The van der Waals surface area contributed by atoms with Crippen LogP contribution in [0.3, 0.4) is 0 Å². The second-order valence-corrected chi connectivity index (χ2v) is 11.8. The third kappa shape index (κ3) is 4.47. The third-order valence-corrected chi connectivity index (χ3v) is 9.03. The first-order valence-electron chi connectivity index (χ1n) is 13.1. The van der Waals surface area contributed by atoms with E-state index in [1.807, 2.05) is 56.4 Å². The zero-order chi connectivity index (χ0) is 25.7. The van der Waals surface area contributed by atoms with Crippen molar-refractivity contribution in [2.45, 2.75) is 50.4 Å². The number of likely N-dealkylation sites (N-methyl/N-ethyl adjacent to an activating group) is 1. The van der Waals surface area contributed by atoms with Crippen molar-refractivity contribution in [1.29, 1.82) is 0 Å². The molecule has 1 amide bonds. The predicted molar refractivity (Wildman–Crippen MR) is 149 cm³/mol. The van der Waals surface area contributed by atoms with Crippen LogP contribution in [0.4, 0.5) is 0 Å². The molecule has 2 aromatic carbocycles. The molecule has 6 rings (SSSR count). The molecular weight excluding hydrogens is 478 g/mol. The van der Waals surface area contributed by atoms with Gasteiger partial charge in [-0.15, -0.1) is 0 Å². The molecular formula is C30H33N3O3Si. The number of pyridine rings is 1. The molecule has 7 heteroatoms. The van der Waals surface area contributed by atoms with Gasteiger partial charge < -0.3 is 19.4 Å². The SMILES string of the molecule is Cc1ccc(-c2cc(C3(NC(=O)c4cc(O[C@@H]([SiH3])[C@@H]5CCN5C)ccc4C)CC3)c3cccnc3c2)o1. The quantitative estimate of drug-likeness (QED) is 0.375. The number of aryl methyl sites for hydroxylation is 2. The van der Waals surface area contributed by atoms with Crippen molar-refractivity contribution in [3.63, 3.8) is 0 Å². The first-order valence-corrected chi connectivity index (χ1v) is 14.2. The molecule has 2 atom stereocenters. The Kier molecular flexibility index (Phi) is 5.92. The number of amides is 1. The van der Waals surface area contributed by atoms with Gasteiger partial charge in [-0.3, -0.25) is 9.78 Å². The van der Waals surface area contributed by atoms with E-state index in [9.17, 15) is 4.79 Å². The molecule has 0 unspecified atom stereocenters. The van der Waals surface area contributed by atoms with Crippen LogP contribution in [-0.4, -0.2) is 51.4 Å². The Morgan fingerprint density at radius 3 is 2.70 bits per heavy atom. The Hall–Kier alpha value is -3.42. The van der Waals surface area contributed by atoms with Gasteiger partial charge in [0, 0.05) is 28.8 Å². The van der Waals surface area contributed by atoms with Crippen molar-refractivity contribution in [3.05, 3.63) is 83.2 Å². The smallest absolute Gasteiger partial charge is 0.252 e. The molecule has 4 aromatic rings. The lowest BCUT2D eigenvalue weighted by atomic mass is 9.95. The highest BCUT2D eigenvalue weighted by Crippen LogP contribution is 2.49. The molecule has 1 saturated carbocycles. The van der Waals surface area contributed by atoms with Crippen molar-refractivity contribution in [2.24, 2.45) is 0 Å². The van der Waals surface area contributed by atoms with Crippen LogP contribution in [0.25, 0.3) is 22.2 Å². The molecule has 1 N–H and O–H groups in total. The molecule has 2 aliphatic rings. The molecule has 0 bridgehead atoms. The van der Waals surface area contributed by atoms with E-state index >= 15 is 0 Å². The van der Waals surface area contributed by atoms with Crippen molar-refractivity contribution in [1.82, 2.24) is 15.2 Å². The number of hydrogen-bond acceptors (Lipinski definition) is 5. The highest BCUT2D eigenvalue weighted by molar-refractivity contribution is 6.11. The van der Waals surface area contributed by atoms with Gasteiger partial charge in [0.2, 0.25) is 0 Å². The monoisotopic (exact) mass is 511 g/mol. The van der Waals surface area contributed by atoms with Gasteiger partial charge in [-0.2, -0.15) is 0 Å². The number of nitrogens with one attached hydrogen (secondary N) is 1. The van der Waals surface area contributed by atoms with Crippen LogP contribution in [0.1, 0.15) is 46.5 Å². The molecule has 190 valence electrons. The van der Waals surface area contributed by atoms with Gasteiger partial charge in [-0.05, 0) is 100 Å². The molecule has 1 saturated heterocycles. The molecule has 6 nitrogen and oxygen atoms in total. The van der Waals surface area contributed by atoms with Gasteiger partial charge in [0.05, 0.1) is 27.0 Å². The van der Waals surface area contributed by atoms with Crippen LogP contribution in [0.5, 0.6) is 5.75 Å². The lowest BCUT2D eigenvalue weighted by Gasteiger charge is -2.41. The van der Waals surface area contributed by atoms with Crippen LogP contribution in [-0.2, 0) is 5.54 Å². The van der Waals surface area contributed by atoms with Crippen molar-refractivity contribution < 1.29 is 13.9 Å². The molecule has 2 aromatic heterocycles. The molecule has 3 heterocycles. The van der Waals surface area contributed by atoms with E-state index in [2.05, 4.69) is 40.4 Å². The first-order chi connectivity index (χ1) is 17.8. The maximum absolute atomic E-state index is 13.7. The highest BCUT2D eigenvalue weighted by atomic mass is 28.1. The average Bonchev–Trinajstić information content (AvgIpc) is 3.52. The molecule has 1 aliphatic carbocycles. The summed E-state index contributed by atoms with van der Waals surface area (Å²) in [6.07, 6.45) is 4.75. The lowest BCUT2D eigenvalue weighted by molar-refractivity contribution is 0.0562. The minimum atomic E-state index is -0.422. The van der Waals surface area contributed by atoms with Gasteiger partial charge >= 0.3 is 0 Å². The van der Waals surface area contributed by atoms with E-state index in [-0.39, 0.29) is 11.6 Å². The summed E-state index contributed by atoms with van der Waals surface area (Å²) in [6.45, 7) is 5.05. The second kappa shape index (κ2) is 9.15. The van der Waals surface area contributed by atoms with Crippen LogP contribution in [0.15, 0.2) is 65.2 Å². The number of aromatic nitrogens is 1. The number of fused-ring (bicyclic) bond motifs is 1. The fraction of sp³-hybridized carbons (Fsp3) is 0.333. The van der Waals surface area contributed by atoms with E-state index < -0.39 is 5.54 Å². The molecule has 37 heavy (non-hydrogen) atoms. The van der Waals surface area contributed by atoms with E-state index in [1.165, 1.54) is 6.42 Å². The Morgan fingerprint density at radius 2 is 2.03 bits per heavy atom. The fourth-order valence-electron chi connectivity index (χ4n) is 5.52. The predicted octanol–water partition coefficient (Wildman–Crippen LogP) is 4.31. The molecule has 2 fully saturated rings. The van der Waals surface area contributed by atoms with Crippen LogP contribution < -0.4 is 10.1 Å². The maximum Gasteiger partial charge on any atom is 0.252 e. The standard InChI is InChI=1S/C30H33N3O3Si/c1-18-6-8-21(36-29(37)26-10-14-33(26)3)17-23(18)28(34)32-30(11-12-30)24-15-20(27-9-7-19(2)35-27)16-25-22(24)5-4-13-31-25/h4-9,13,15-17,26,29H,10-12,14H2,1-3,37H3,(H,32,34)/t26-,29-/m0/s1. The summed E-state index contributed by atoms with van der Waals surface area (Å²) < 4.78 is 12.2. The lowest BCUT2D eigenvalue weighted by Crippen LogP contribution is -2.53. The summed E-state index contributed by atoms with van der Waals surface area (Å²) in [5.41, 5.74) is 4.36. The molecule has 0 spiro atoms. The van der Waals surface area contributed by atoms with Gasteiger partial charge in [0.1, 0.15) is 17.3 Å². The minimum Gasteiger partial charge on any atom is -0.494 e. The summed E-state index contributed by atoms with van der Waals surface area (Å²) in [7, 11) is 3.08. The van der Waals surface area contributed by atoms with Crippen LogP contribution in [0.2, 0.25) is 0 Å². The summed E-state index contributed by atoms with van der Waals surface area (Å²) in [5.74, 6) is 2.38. The third-order valence-electron chi connectivity index (χ3n) is 8.03. The van der Waals surface area contributed by atoms with Gasteiger partial charge in [-0.1, -0.05) is 12.1 Å². The Balaban J connectivity index is 1.30. The van der Waals surface area contributed by atoms with Crippen LogP contribution >= 0.6 is 0 Å². The summed E-state index contributed by atoms with van der Waals surface area (Å²) in [6, 6.07) is 18.6. The topological polar surface area (TPSA) is 67.6 Å². The van der Waals surface area contributed by atoms with Crippen LogP contribution in [0, 0.1) is 13.8 Å². The number of carbonyl (C=O) groups is 1. The normalized spacial score (nSPS) is 19.4. The number of likely N-dealkylation sites (tertiary alicyclic amines) is 1. The summed E-state index contributed by atoms with van der Waals surface area (Å²) in [4.78, 5) is 20.6. The van der Waals surface area contributed by atoms with E-state index in [1.54, 1.807) is 0 Å². The zero-order valence-electron chi connectivity index (χ0n) is 21.9. The maximum atomic E-state index is 13.7. The van der Waals surface area contributed by atoms with Crippen molar-refractivity contribution in [3.8, 4) is 17.1 Å². The fourth-order valence-corrected chi connectivity index (χ4v) is 6.64. The molecule has 0 radical (unpaired) electrons. The van der Waals surface area contributed by atoms with Gasteiger partial charge in [-0.25, -0.2) is 0 Å². The summed E-state index contributed by atoms with van der Waals surface area (Å²) in [5, 5.41) is 4.46. The zero-order valence-corrected chi connectivity index (χ0v) is 23.9. The highest BCUT2D eigenvalue weighted by Gasteiger charge is 2.47. The minimum absolute atomic E-state index is 0.0672. The van der Waals surface area contributed by atoms with Gasteiger partial charge in [0.25, 0.3) is 5.91 Å². The number of carbonyl (C=O) groups excluding carboxylic acids is 1. The Bertz CT molecular complexity index is 1490. The summed E-state index contributed by atoms with van der Waals surface area (Å²) >= 11 is 0. The van der Waals surface area contributed by atoms with Gasteiger partial charge in [0.15, 0.2) is 0 Å². The Labute approximate surface area is 220 Å².